The quantitative estimate of drug-likeness (QED) is 0.750. The van der Waals surface area contributed by atoms with E-state index >= 15 is 0 Å². The minimum Gasteiger partial charge on any atom is -0.544 e. The molecule has 1 aromatic rings. The predicted molar refractivity (Wildman–Crippen MR) is 76.1 cm³/mol. The van der Waals surface area contributed by atoms with E-state index in [0.29, 0.717) is 5.56 Å². The van der Waals surface area contributed by atoms with E-state index in [2.05, 4.69) is 19.2 Å². The molecule has 0 atom stereocenters. The van der Waals surface area contributed by atoms with Crippen LogP contribution in [0.25, 0.3) is 0 Å². The first-order valence-corrected chi connectivity index (χ1v) is 9.79. The van der Waals surface area contributed by atoms with Gasteiger partial charge in [0.2, 0.25) is 8.32 Å². The molecule has 0 aromatic heterocycles. The third kappa shape index (κ3) is 3.14. The first kappa shape index (κ1) is 13.2. The second-order valence-electron chi connectivity index (χ2n) is 5.68. The second-order valence-corrected chi connectivity index (χ2v) is 9.90. The molecule has 0 spiro atoms. The molecule has 0 saturated heterocycles. The fourth-order valence-corrected chi connectivity index (χ4v) is 5.49. The van der Waals surface area contributed by atoms with Crippen LogP contribution in [0.2, 0.25) is 18.6 Å². The van der Waals surface area contributed by atoms with Gasteiger partial charge in [0.15, 0.2) is 0 Å². The minimum absolute atomic E-state index is 0.694. The molecule has 0 unspecified atom stereocenters. The fourth-order valence-electron chi connectivity index (χ4n) is 2.78. The summed E-state index contributed by atoms with van der Waals surface area (Å²) in [6, 6.07) is 9.66. The summed E-state index contributed by atoms with van der Waals surface area (Å²) in [5.41, 5.74) is 1.47. The highest BCUT2D eigenvalue weighted by molar-refractivity contribution is 6.73. The molecule has 1 saturated carbocycles. The fraction of sp³-hybridized carbons (Fsp3) is 0.533. The highest BCUT2D eigenvalue weighted by Crippen LogP contribution is 2.37. The number of hydrogen-bond acceptors (Lipinski definition) is 2. The number of hydrogen-bond donors (Lipinski definition) is 0. The molecule has 0 bridgehead atoms. The van der Waals surface area contributed by atoms with E-state index in [1.165, 1.54) is 32.1 Å². The topological polar surface area (TPSA) is 33.0 Å². The number of nitrogens with zero attached hydrogens (tertiary/aromatic N) is 1. The second kappa shape index (κ2) is 5.58. The van der Waals surface area contributed by atoms with E-state index in [-0.39, 0.29) is 0 Å². The van der Waals surface area contributed by atoms with Crippen molar-refractivity contribution in [1.82, 2.24) is 0 Å². The molecule has 18 heavy (non-hydrogen) atoms. The highest BCUT2D eigenvalue weighted by atomic mass is 28.4. The van der Waals surface area contributed by atoms with Crippen molar-refractivity contribution in [3.8, 4) is 11.8 Å². The lowest BCUT2D eigenvalue weighted by Gasteiger charge is -2.35. The molecule has 1 fully saturated rings. The van der Waals surface area contributed by atoms with Gasteiger partial charge in [0, 0.05) is 0 Å². The average molecular weight is 259 g/mol. The van der Waals surface area contributed by atoms with Crippen molar-refractivity contribution >= 4 is 8.32 Å². The zero-order valence-electron chi connectivity index (χ0n) is 11.3. The normalized spacial score (nSPS) is 17.2. The molecule has 2 nitrogen and oxygen atoms in total. The lowest BCUT2D eigenvalue weighted by Crippen LogP contribution is -2.40. The van der Waals surface area contributed by atoms with Crippen molar-refractivity contribution in [2.24, 2.45) is 0 Å². The van der Waals surface area contributed by atoms with Crippen LogP contribution in [0.5, 0.6) is 5.75 Å². The van der Waals surface area contributed by atoms with Crippen LogP contribution in [0.1, 0.15) is 37.7 Å². The molecule has 0 N–H and O–H groups in total. The summed E-state index contributed by atoms with van der Waals surface area (Å²) in [7, 11) is -1.65. The first-order chi connectivity index (χ1) is 8.62. The summed E-state index contributed by atoms with van der Waals surface area (Å²) in [5.74, 6) is 0.927. The van der Waals surface area contributed by atoms with Crippen LogP contribution in [0.4, 0.5) is 0 Å². The molecule has 0 radical (unpaired) electrons. The van der Waals surface area contributed by atoms with E-state index in [1.54, 1.807) is 0 Å². The maximum absolute atomic E-state index is 8.78. The molecule has 0 heterocycles. The third-order valence-electron chi connectivity index (χ3n) is 3.95. The highest BCUT2D eigenvalue weighted by Gasteiger charge is 2.36. The van der Waals surface area contributed by atoms with Gasteiger partial charge >= 0.3 is 0 Å². The molecular formula is C15H21NOSi. The molecule has 3 heteroatoms. The molecule has 0 aliphatic heterocycles. The summed E-state index contributed by atoms with van der Waals surface area (Å²) >= 11 is 0. The molecule has 0 amide bonds. The minimum atomic E-state index is -1.65. The standard InChI is InChI=1S/C15H21NOSi/c1-18(2,15-6-4-3-5-7-15)17-14-10-8-13(12-16)9-11-14/h8-11,15H,3-7H2,1-2H3. The van der Waals surface area contributed by atoms with Gasteiger partial charge in [0.05, 0.1) is 11.6 Å². The molecular weight excluding hydrogens is 238 g/mol. The molecule has 1 aromatic carbocycles. The van der Waals surface area contributed by atoms with Gasteiger partial charge < -0.3 is 4.43 Å². The summed E-state index contributed by atoms with van der Waals surface area (Å²) in [6.45, 7) is 4.64. The van der Waals surface area contributed by atoms with E-state index in [1.807, 2.05) is 24.3 Å². The summed E-state index contributed by atoms with van der Waals surface area (Å²) in [4.78, 5) is 0. The molecule has 1 aliphatic carbocycles. The van der Waals surface area contributed by atoms with E-state index < -0.39 is 8.32 Å². The Morgan fingerprint density at radius 1 is 1.11 bits per heavy atom. The van der Waals surface area contributed by atoms with Crippen molar-refractivity contribution < 1.29 is 4.43 Å². The van der Waals surface area contributed by atoms with E-state index in [0.717, 1.165) is 11.3 Å². The molecule has 1 aliphatic rings. The SMILES string of the molecule is C[Si](C)(Oc1ccc(C#N)cc1)C1CCCCC1. The van der Waals surface area contributed by atoms with Crippen molar-refractivity contribution in [3.63, 3.8) is 0 Å². The van der Waals surface area contributed by atoms with E-state index in [4.69, 9.17) is 9.69 Å². The first-order valence-electron chi connectivity index (χ1n) is 6.81. The Morgan fingerprint density at radius 3 is 2.28 bits per heavy atom. The smallest absolute Gasteiger partial charge is 0.248 e. The maximum Gasteiger partial charge on any atom is 0.248 e. The van der Waals surface area contributed by atoms with Gasteiger partial charge in [0.25, 0.3) is 0 Å². The van der Waals surface area contributed by atoms with E-state index in [9.17, 15) is 0 Å². The van der Waals surface area contributed by atoms with Gasteiger partial charge in [-0.2, -0.15) is 5.26 Å². The number of rotatable bonds is 3. The van der Waals surface area contributed by atoms with Crippen molar-refractivity contribution in [2.45, 2.75) is 50.7 Å². The average Bonchev–Trinajstić information content (AvgIpc) is 2.40. The zero-order valence-corrected chi connectivity index (χ0v) is 12.3. The Kier molecular flexibility index (Phi) is 4.08. The Hall–Kier alpha value is -1.27. The monoisotopic (exact) mass is 259 g/mol. The summed E-state index contributed by atoms with van der Waals surface area (Å²) < 4.78 is 6.27. The van der Waals surface area contributed by atoms with Gasteiger partial charge in [-0.25, -0.2) is 0 Å². The van der Waals surface area contributed by atoms with Gasteiger partial charge in [-0.05, 0) is 55.7 Å². The van der Waals surface area contributed by atoms with Crippen LogP contribution in [-0.2, 0) is 0 Å². The Bertz CT molecular complexity index is 427. The van der Waals surface area contributed by atoms with Gasteiger partial charge in [-0.1, -0.05) is 19.3 Å². The Morgan fingerprint density at radius 2 is 1.72 bits per heavy atom. The predicted octanol–water partition coefficient (Wildman–Crippen LogP) is 4.48. The van der Waals surface area contributed by atoms with Crippen LogP contribution >= 0.6 is 0 Å². The lowest BCUT2D eigenvalue weighted by molar-refractivity contribution is 0.439. The van der Waals surface area contributed by atoms with Crippen molar-refractivity contribution in [1.29, 1.82) is 5.26 Å². The maximum atomic E-state index is 8.78. The number of nitriles is 1. The van der Waals surface area contributed by atoms with Gasteiger partial charge in [-0.15, -0.1) is 0 Å². The zero-order chi connectivity index (χ0) is 13.0. The van der Waals surface area contributed by atoms with Crippen LogP contribution in [0.15, 0.2) is 24.3 Å². The third-order valence-corrected chi connectivity index (χ3v) is 7.26. The largest absolute Gasteiger partial charge is 0.544 e. The summed E-state index contributed by atoms with van der Waals surface area (Å²) in [5, 5.41) is 8.78. The van der Waals surface area contributed by atoms with Crippen LogP contribution < -0.4 is 4.43 Å². The lowest BCUT2D eigenvalue weighted by atomic mass is 10.0. The van der Waals surface area contributed by atoms with Crippen LogP contribution in [-0.4, -0.2) is 8.32 Å². The Balaban J connectivity index is 2.04. The van der Waals surface area contributed by atoms with Gasteiger partial charge in [0.1, 0.15) is 5.75 Å². The molecule has 96 valence electrons. The molecule has 2 rings (SSSR count). The van der Waals surface area contributed by atoms with Crippen molar-refractivity contribution in [2.75, 3.05) is 0 Å². The summed E-state index contributed by atoms with van der Waals surface area (Å²) in [6.07, 6.45) is 6.76. The number of benzene rings is 1. The van der Waals surface area contributed by atoms with Crippen molar-refractivity contribution in [3.05, 3.63) is 29.8 Å². The van der Waals surface area contributed by atoms with Gasteiger partial charge in [-0.3, -0.25) is 0 Å². The van der Waals surface area contributed by atoms with Crippen LogP contribution in [0.3, 0.4) is 0 Å². The Labute approximate surface area is 111 Å². The van der Waals surface area contributed by atoms with Crippen LogP contribution in [0, 0.1) is 11.3 Å².